The van der Waals surface area contributed by atoms with Crippen LogP contribution >= 0.6 is 0 Å². The van der Waals surface area contributed by atoms with Gasteiger partial charge in [-0.2, -0.15) is 5.26 Å². The van der Waals surface area contributed by atoms with Gasteiger partial charge in [-0.25, -0.2) is 0 Å². The highest BCUT2D eigenvalue weighted by molar-refractivity contribution is 5.97. The van der Waals surface area contributed by atoms with Crippen LogP contribution in [0.5, 0.6) is 11.5 Å². The molecule has 1 aliphatic rings. The number of nitrogens with zero attached hydrogens (tertiary/aromatic N) is 3. The molecule has 0 radical (unpaired) electrons. The fourth-order valence-corrected chi connectivity index (χ4v) is 4.94. The molecule has 4 aromatic rings. The van der Waals surface area contributed by atoms with E-state index in [0.29, 0.717) is 33.8 Å². The summed E-state index contributed by atoms with van der Waals surface area (Å²) in [5.41, 5.74) is 1.21. The molecule has 1 atom stereocenters. The summed E-state index contributed by atoms with van der Waals surface area (Å²) in [7, 11) is 1.51. The zero-order valence-electron chi connectivity index (χ0n) is 21.7. The second-order valence-electron chi connectivity index (χ2n) is 9.27. The molecular formula is C32H25N3O5. The molecule has 0 saturated heterocycles. The van der Waals surface area contributed by atoms with Gasteiger partial charge in [0.25, 0.3) is 11.6 Å². The third kappa shape index (κ3) is 4.88. The van der Waals surface area contributed by atoms with Crippen molar-refractivity contribution in [1.29, 1.82) is 5.26 Å². The highest BCUT2D eigenvalue weighted by Gasteiger charge is 2.47. The van der Waals surface area contributed by atoms with Gasteiger partial charge in [-0.15, -0.1) is 0 Å². The third-order valence-electron chi connectivity index (χ3n) is 6.83. The van der Waals surface area contributed by atoms with Crippen molar-refractivity contribution in [3.05, 3.63) is 141 Å². The number of carbonyl (C=O) groups excluding carboxylic acids is 1. The summed E-state index contributed by atoms with van der Waals surface area (Å²) in [6.45, 7) is 0.197. The molecule has 0 saturated carbocycles. The van der Waals surface area contributed by atoms with Crippen molar-refractivity contribution < 1.29 is 19.2 Å². The standard InChI is InChI=1S/C32H25N3O5/c1-39-28-16-15-25-17-18-34(31(36)26-12-6-3-7-13-26)32(22-33,20-24-11-8-14-27(19-24)35(37)38)29(25)30(28)40-21-23-9-4-2-5-10-23/h2-19H,20-21H2,1H3. The molecule has 5 rings (SSSR count). The number of carbonyl (C=O) groups is 1. The van der Waals surface area contributed by atoms with Crippen molar-refractivity contribution in [1.82, 2.24) is 4.90 Å². The number of hydrogen-bond acceptors (Lipinski definition) is 6. The molecule has 1 aliphatic heterocycles. The summed E-state index contributed by atoms with van der Waals surface area (Å²) in [6.07, 6.45) is 3.32. The Morgan fingerprint density at radius 1 is 0.975 bits per heavy atom. The van der Waals surface area contributed by atoms with Gasteiger partial charge in [-0.1, -0.05) is 66.7 Å². The van der Waals surface area contributed by atoms with Gasteiger partial charge in [0.1, 0.15) is 6.61 Å². The maximum Gasteiger partial charge on any atom is 0.269 e. The summed E-state index contributed by atoms with van der Waals surface area (Å²) in [6, 6.07) is 30.3. The van der Waals surface area contributed by atoms with E-state index in [0.717, 1.165) is 5.56 Å². The van der Waals surface area contributed by atoms with Gasteiger partial charge in [-0.3, -0.25) is 19.8 Å². The average Bonchev–Trinajstić information content (AvgIpc) is 3.00. The Labute approximate surface area is 231 Å². The molecule has 4 aromatic carbocycles. The fourth-order valence-electron chi connectivity index (χ4n) is 4.94. The van der Waals surface area contributed by atoms with Crippen LogP contribution in [0.4, 0.5) is 5.69 Å². The topological polar surface area (TPSA) is 106 Å². The Kier molecular flexibility index (Phi) is 7.29. The van der Waals surface area contributed by atoms with Crippen LogP contribution in [0.3, 0.4) is 0 Å². The molecule has 0 spiro atoms. The van der Waals surface area contributed by atoms with E-state index in [9.17, 15) is 20.2 Å². The quantitative estimate of drug-likeness (QED) is 0.196. The molecule has 0 bridgehead atoms. The number of fused-ring (bicyclic) bond motifs is 1. The monoisotopic (exact) mass is 531 g/mol. The molecule has 198 valence electrons. The lowest BCUT2D eigenvalue weighted by Gasteiger charge is -2.41. The van der Waals surface area contributed by atoms with Crippen molar-refractivity contribution in [2.45, 2.75) is 18.6 Å². The van der Waals surface area contributed by atoms with Gasteiger partial charge in [0.15, 0.2) is 17.0 Å². The Bertz CT molecular complexity index is 1630. The normalized spacial score (nSPS) is 15.6. The lowest BCUT2D eigenvalue weighted by Crippen LogP contribution is -2.49. The molecule has 1 amide bonds. The number of methoxy groups -OCH3 is 1. The van der Waals surface area contributed by atoms with E-state index in [1.807, 2.05) is 36.4 Å². The lowest BCUT2D eigenvalue weighted by molar-refractivity contribution is -0.384. The summed E-state index contributed by atoms with van der Waals surface area (Å²) >= 11 is 0. The van der Waals surface area contributed by atoms with Crippen molar-refractivity contribution in [3.8, 4) is 17.6 Å². The van der Waals surface area contributed by atoms with Crippen LogP contribution in [0.2, 0.25) is 0 Å². The largest absolute Gasteiger partial charge is 0.493 e. The van der Waals surface area contributed by atoms with E-state index in [2.05, 4.69) is 6.07 Å². The predicted molar refractivity (Wildman–Crippen MR) is 150 cm³/mol. The smallest absolute Gasteiger partial charge is 0.269 e. The zero-order chi connectivity index (χ0) is 28.1. The van der Waals surface area contributed by atoms with Crippen LogP contribution < -0.4 is 9.47 Å². The first-order valence-electron chi connectivity index (χ1n) is 12.6. The number of nitro benzene ring substituents is 1. The minimum atomic E-state index is -1.62. The number of ether oxygens (including phenoxy) is 2. The number of amides is 1. The minimum absolute atomic E-state index is 0.0318. The zero-order valence-corrected chi connectivity index (χ0v) is 21.7. The number of nitriles is 1. The fraction of sp³-hybridized carbons (Fsp3) is 0.125. The van der Waals surface area contributed by atoms with E-state index in [1.165, 1.54) is 24.1 Å². The average molecular weight is 532 g/mol. The van der Waals surface area contributed by atoms with Crippen LogP contribution in [0.1, 0.15) is 32.6 Å². The Hall–Kier alpha value is -5.42. The molecule has 1 unspecified atom stereocenters. The van der Waals surface area contributed by atoms with E-state index in [4.69, 9.17) is 9.47 Å². The molecule has 0 fully saturated rings. The summed E-state index contributed by atoms with van der Waals surface area (Å²) in [5.74, 6) is 0.327. The molecule has 8 heteroatoms. The molecule has 0 aromatic heterocycles. The molecule has 8 nitrogen and oxygen atoms in total. The van der Waals surface area contributed by atoms with Gasteiger partial charge in [0.05, 0.1) is 18.1 Å². The van der Waals surface area contributed by atoms with Crippen molar-refractivity contribution >= 4 is 17.7 Å². The number of rotatable bonds is 8. The van der Waals surface area contributed by atoms with Crippen molar-refractivity contribution in [2.24, 2.45) is 0 Å². The van der Waals surface area contributed by atoms with E-state index < -0.39 is 16.4 Å². The number of benzene rings is 4. The van der Waals surface area contributed by atoms with Crippen LogP contribution in [-0.2, 0) is 18.6 Å². The van der Waals surface area contributed by atoms with Gasteiger partial charge in [-0.05, 0) is 41.0 Å². The number of non-ortho nitro benzene ring substituents is 1. The Morgan fingerprint density at radius 2 is 1.68 bits per heavy atom. The Balaban J connectivity index is 1.71. The number of nitro groups is 1. The van der Waals surface area contributed by atoms with Gasteiger partial charge in [0.2, 0.25) is 0 Å². The predicted octanol–water partition coefficient (Wildman–Crippen LogP) is 6.27. The van der Waals surface area contributed by atoms with Crippen LogP contribution in [0, 0.1) is 21.4 Å². The SMILES string of the molecule is COc1ccc2c(c1OCc1ccccc1)C(C#N)(Cc1cccc([N+](=O)[O-])c1)N(C(=O)c1ccccc1)C=C2. The third-order valence-corrected chi connectivity index (χ3v) is 6.83. The van der Waals surface area contributed by atoms with E-state index in [1.54, 1.807) is 60.8 Å². The van der Waals surface area contributed by atoms with Crippen LogP contribution in [0.15, 0.2) is 103 Å². The Morgan fingerprint density at radius 3 is 2.35 bits per heavy atom. The van der Waals surface area contributed by atoms with Crippen molar-refractivity contribution in [2.75, 3.05) is 7.11 Å². The van der Waals surface area contributed by atoms with Crippen LogP contribution in [-0.4, -0.2) is 22.8 Å². The maximum absolute atomic E-state index is 13.9. The van der Waals surface area contributed by atoms with Gasteiger partial charge >= 0.3 is 0 Å². The lowest BCUT2D eigenvalue weighted by atomic mass is 9.78. The maximum atomic E-state index is 13.9. The molecular weight excluding hydrogens is 506 g/mol. The van der Waals surface area contributed by atoms with E-state index in [-0.39, 0.29) is 18.7 Å². The van der Waals surface area contributed by atoms with Gasteiger partial charge < -0.3 is 9.47 Å². The second kappa shape index (κ2) is 11.1. The first kappa shape index (κ1) is 26.2. The first-order chi connectivity index (χ1) is 19.5. The summed E-state index contributed by atoms with van der Waals surface area (Å²) < 4.78 is 12.0. The molecule has 0 N–H and O–H groups in total. The van der Waals surface area contributed by atoms with Gasteiger partial charge in [0, 0.05) is 35.9 Å². The summed E-state index contributed by atoms with van der Waals surface area (Å²) in [4.78, 5) is 26.4. The van der Waals surface area contributed by atoms with Crippen molar-refractivity contribution in [3.63, 3.8) is 0 Å². The highest BCUT2D eigenvalue weighted by atomic mass is 16.6. The second-order valence-corrected chi connectivity index (χ2v) is 9.27. The van der Waals surface area contributed by atoms with E-state index >= 15 is 0 Å². The number of hydrogen-bond donors (Lipinski definition) is 0. The highest BCUT2D eigenvalue weighted by Crippen LogP contribution is 2.48. The molecule has 1 heterocycles. The molecule has 40 heavy (non-hydrogen) atoms. The first-order valence-corrected chi connectivity index (χ1v) is 12.6. The van der Waals surface area contributed by atoms with Crippen LogP contribution in [0.25, 0.3) is 6.08 Å². The molecule has 0 aliphatic carbocycles. The minimum Gasteiger partial charge on any atom is -0.493 e. The summed E-state index contributed by atoms with van der Waals surface area (Å²) in [5, 5.41) is 22.5.